The Kier molecular flexibility index (Phi) is 5.51. The fourth-order valence-corrected chi connectivity index (χ4v) is 3.81. The van der Waals surface area contributed by atoms with E-state index in [1.807, 2.05) is 38.1 Å². The molecule has 0 radical (unpaired) electrons. The van der Waals surface area contributed by atoms with E-state index >= 15 is 0 Å². The molecule has 1 aromatic heterocycles. The molecule has 0 fully saturated rings. The normalized spacial score (nSPS) is 11.7. The van der Waals surface area contributed by atoms with Gasteiger partial charge in [0.05, 0.1) is 11.4 Å². The highest BCUT2D eigenvalue weighted by atomic mass is 32.2. The van der Waals surface area contributed by atoms with Crippen molar-refractivity contribution >= 4 is 33.0 Å². The second-order valence-corrected chi connectivity index (χ2v) is 8.38. The van der Waals surface area contributed by atoms with Crippen LogP contribution < -0.4 is 10.5 Å². The van der Waals surface area contributed by atoms with Crippen LogP contribution in [0.3, 0.4) is 0 Å². The van der Waals surface area contributed by atoms with Crippen molar-refractivity contribution in [2.45, 2.75) is 18.7 Å². The number of hydrogen-bond acceptors (Lipinski definition) is 5. The summed E-state index contributed by atoms with van der Waals surface area (Å²) in [5.41, 5.74) is 8.67. The highest BCUT2D eigenvalue weighted by Crippen LogP contribution is 2.30. The standard InChI is InChI=1S/C20H21N5O3S/c1-13-4-7-15(8-5-13)22-23-18-10-14(2)6-9-17(18)24-29(27,28)16-11-19(20(21)26)25(3)12-16/h4-12,24H,1-3H3,(H2,21,26). The number of nitrogens with one attached hydrogen (secondary N) is 1. The molecule has 0 saturated heterocycles. The summed E-state index contributed by atoms with van der Waals surface area (Å²) in [6.45, 7) is 3.85. The van der Waals surface area contributed by atoms with Gasteiger partial charge in [-0.3, -0.25) is 9.52 Å². The zero-order valence-electron chi connectivity index (χ0n) is 16.2. The molecule has 9 heteroatoms. The van der Waals surface area contributed by atoms with E-state index < -0.39 is 15.9 Å². The maximum atomic E-state index is 12.8. The van der Waals surface area contributed by atoms with E-state index in [4.69, 9.17) is 5.73 Å². The van der Waals surface area contributed by atoms with Gasteiger partial charge >= 0.3 is 0 Å². The van der Waals surface area contributed by atoms with Crippen LogP contribution in [0.15, 0.2) is 69.9 Å². The van der Waals surface area contributed by atoms with Gasteiger partial charge in [-0.2, -0.15) is 5.11 Å². The highest BCUT2D eigenvalue weighted by Gasteiger charge is 2.21. The number of nitrogens with two attached hydrogens (primary N) is 1. The molecule has 0 aliphatic carbocycles. The van der Waals surface area contributed by atoms with Crippen LogP contribution in [0.5, 0.6) is 0 Å². The van der Waals surface area contributed by atoms with E-state index in [2.05, 4.69) is 15.0 Å². The first-order valence-electron chi connectivity index (χ1n) is 8.74. The predicted molar refractivity (Wildman–Crippen MR) is 111 cm³/mol. The summed E-state index contributed by atoms with van der Waals surface area (Å²) >= 11 is 0. The van der Waals surface area contributed by atoms with Gasteiger partial charge < -0.3 is 10.3 Å². The molecule has 3 rings (SSSR count). The Hall–Kier alpha value is -3.46. The Balaban J connectivity index is 1.93. The lowest BCUT2D eigenvalue weighted by Crippen LogP contribution is -2.14. The monoisotopic (exact) mass is 411 g/mol. The average Bonchev–Trinajstić information content (AvgIpc) is 3.06. The zero-order valence-corrected chi connectivity index (χ0v) is 17.1. The number of rotatable bonds is 6. The first-order valence-corrected chi connectivity index (χ1v) is 10.2. The lowest BCUT2D eigenvalue weighted by atomic mass is 10.2. The molecule has 8 nitrogen and oxygen atoms in total. The average molecular weight is 411 g/mol. The summed E-state index contributed by atoms with van der Waals surface area (Å²) in [7, 11) is -2.40. The van der Waals surface area contributed by atoms with E-state index in [0.717, 1.165) is 11.1 Å². The van der Waals surface area contributed by atoms with Crippen LogP contribution in [0.25, 0.3) is 0 Å². The number of sulfonamides is 1. The SMILES string of the molecule is Cc1ccc(N=Nc2cc(C)ccc2NS(=O)(=O)c2cc(C(N)=O)n(C)c2)cc1. The number of aryl methyl sites for hydroxylation is 3. The van der Waals surface area contributed by atoms with Crippen molar-refractivity contribution in [1.29, 1.82) is 0 Å². The third kappa shape index (κ3) is 4.69. The number of hydrogen-bond donors (Lipinski definition) is 2. The summed E-state index contributed by atoms with van der Waals surface area (Å²) in [6, 6.07) is 13.8. The molecule has 1 amide bonds. The number of amides is 1. The van der Waals surface area contributed by atoms with Gasteiger partial charge in [0.2, 0.25) is 0 Å². The third-order valence-corrected chi connectivity index (χ3v) is 5.58. The smallest absolute Gasteiger partial charge is 0.265 e. The summed E-state index contributed by atoms with van der Waals surface area (Å²) in [4.78, 5) is 11.3. The number of anilines is 1. The maximum Gasteiger partial charge on any atom is 0.265 e. The summed E-state index contributed by atoms with van der Waals surface area (Å²) in [5.74, 6) is -0.711. The summed E-state index contributed by atoms with van der Waals surface area (Å²) < 4.78 is 29.5. The number of aromatic nitrogens is 1. The van der Waals surface area contributed by atoms with Gasteiger partial charge in [0, 0.05) is 13.2 Å². The Labute approximate surface area is 169 Å². The minimum absolute atomic E-state index is 0.0733. The van der Waals surface area contributed by atoms with Crippen molar-refractivity contribution in [3.8, 4) is 0 Å². The number of carbonyl (C=O) groups is 1. The van der Waals surface area contributed by atoms with Gasteiger partial charge in [0.1, 0.15) is 16.3 Å². The quantitative estimate of drug-likeness (QED) is 0.598. The van der Waals surface area contributed by atoms with Crippen LogP contribution in [0.4, 0.5) is 17.1 Å². The topological polar surface area (TPSA) is 119 Å². The molecule has 0 aliphatic rings. The molecule has 0 atom stereocenters. The van der Waals surface area contributed by atoms with Gasteiger partial charge in [-0.25, -0.2) is 8.42 Å². The molecule has 0 saturated carbocycles. The minimum Gasteiger partial charge on any atom is -0.364 e. The van der Waals surface area contributed by atoms with Gasteiger partial charge in [0.15, 0.2) is 0 Å². The first-order chi connectivity index (χ1) is 13.7. The maximum absolute atomic E-state index is 12.8. The lowest BCUT2D eigenvalue weighted by Gasteiger charge is -2.09. The highest BCUT2D eigenvalue weighted by molar-refractivity contribution is 7.92. The zero-order chi connectivity index (χ0) is 21.2. The van der Waals surface area contributed by atoms with Crippen LogP contribution in [0, 0.1) is 13.8 Å². The van der Waals surface area contributed by atoms with E-state index in [0.29, 0.717) is 11.4 Å². The number of primary amides is 1. The van der Waals surface area contributed by atoms with Gasteiger partial charge in [-0.05, 0) is 49.7 Å². The van der Waals surface area contributed by atoms with E-state index in [-0.39, 0.29) is 16.3 Å². The predicted octanol–water partition coefficient (Wildman–Crippen LogP) is 3.96. The molecule has 0 bridgehead atoms. The van der Waals surface area contributed by atoms with E-state index in [9.17, 15) is 13.2 Å². The Bertz CT molecular complexity index is 1200. The van der Waals surface area contributed by atoms with Crippen molar-refractivity contribution in [3.05, 3.63) is 71.5 Å². The van der Waals surface area contributed by atoms with Crippen LogP contribution in [-0.4, -0.2) is 18.9 Å². The summed E-state index contributed by atoms with van der Waals surface area (Å²) in [6.07, 6.45) is 1.32. The number of carbonyl (C=O) groups excluding carboxylic acids is 1. The largest absolute Gasteiger partial charge is 0.364 e. The number of nitrogens with zero attached hydrogens (tertiary/aromatic N) is 3. The van der Waals surface area contributed by atoms with Crippen LogP contribution >= 0.6 is 0 Å². The molecule has 0 aliphatic heterocycles. The molecular weight excluding hydrogens is 390 g/mol. The second kappa shape index (κ2) is 7.88. The van der Waals surface area contributed by atoms with Crippen molar-refractivity contribution in [3.63, 3.8) is 0 Å². The minimum atomic E-state index is -3.95. The van der Waals surface area contributed by atoms with Gasteiger partial charge in [-0.15, -0.1) is 5.11 Å². The van der Waals surface area contributed by atoms with Gasteiger partial charge in [0.25, 0.3) is 15.9 Å². The Morgan fingerprint density at radius 1 is 1.00 bits per heavy atom. The number of benzene rings is 2. The van der Waals surface area contributed by atoms with Crippen molar-refractivity contribution in [2.75, 3.05) is 4.72 Å². The molecule has 150 valence electrons. The van der Waals surface area contributed by atoms with Crippen molar-refractivity contribution in [2.24, 2.45) is 23.0 Å². The molecule has 2 aromatic carbocycles. The van der Waals surface area contributed by atoms with Crippen LogP contribution in [0.2, 0.25) is 0 Å². The van der Waals surface area contributed by atoms with Crippen molar-refractivity contribution < 1.29 is 13.2 Å². The molecule has 29 heavy (non-hydrogen) atoms. The van der Waals surface area contributed by atoms with E-state index in [1.54, 1.807) is 25.2 Å². The Morgan fingerprint density at radius 2 is 1.66 bits per heavy atom. The molecule has 0 spiro atoms. The third-order valence-electron chi connectivity index (χ3n) is 4.25. The lowest BCUT2D eigenvalue weighted by molar-refractivity contribution is 0.0992. The van der Waals surface area contributed by atoms with Crippen LogP contribution in [0.1, 0.15) is 21.6 Å². The molecule has 3 aromatic rings. The summed E-state index contributed by atoms with van der Waals surface area (Å²) in [5, 5.41) is 8.40. The fraction of sp³-hybridized carbons (Fsp3) is 0.150. The molecule has 3 N–H and O–H groups in total. The fourth-order valence-electron chi connectivity index (χ4n) is 2.66. The molecule has 1 heterocycles. The Morgan fingerprint density at radius 3 is 2.28 bits per heavy atom. The second-order valence-electron chi connectivity index (χ2n) is 6.70. The van der Waals surface area contributed by atoms with E-state index in [1.165, 1.54) is 16.8 Å². The molecular formula is C20H21N5O3S. The number of azo groups is 1. The van der Waals surface area contributed by atoms with Crippen LogP contribution in [-0.2, 0) is 17.1 Å². The molecule has 0 unspecified atom stereocenters. The van der Waals surface area contributed by atoms with Crippen molar-refractivity contribution in [1.82, 2.24) is 4.57 Å². The first kappa shape index (κ1) is 20.3. The van der Waals surface area contributed by atoms with Gasteiger partial charge in [-0.1, -0.05) is 23.8 Å².